The first-order valence-electron chi connectivity index (χ1n) is 7.66. The van der Waals surface area contributed by atoms with E-state index < -0.39 is 11.7 Å². The zero-order valence-corrected chi connectivity index (χ0v) is 14.1. The second-order valence-electron chi connectivity index (χ2n) is 5.74. The zero-order chi connectivity index (χ0) is 17.2. The summed E-state index contributed by atoms with van der Waals surface area (Å²) < 4.78 is 53.0. The second kappa shape index (κ2) is 8.12. The van der Waals surface area contributed by atoms with Crippen molar-refractivity contribution >= 4 is 12.4 Å². The molecule has 1 aliphatic heterocycles. The van der Waals surface area contributed by atoms with Crippen LogP contribution >= 0.6 is 12.4 Å². The number of nitrogens with one attached hydrogen (secondary N) is 1. The van der Waals surface area contributed by atoms with Crippen molar-refractivity contribution in [1.29, 1.82) is 0 Å². The van der Waals surface area contributed by atoms with Crippen LogP contribution in [0.3, 0.4) is 0 Å². The van der Waals surface area contributed by atoms with Gasteiger partial charge in [-0.05, 0) is 29.8 Å². The van der Waals surface area contributed by atoms with Crippen molar-refractivity contribution in [2.24, 2.45) is 0 Å². The molecule has 25 heavy (non-hydrogen) atoms. The predicted molar refractivity (Wildman–Crippen MR) is 88.9 cm³/mol. The molecule has 1 aromatic heterocycles. The molecule has 8 heteroatoms. The van der Waals surface area contributed by atoms with E-state index in [2.05, 4.69) is 10.3 Å². The third-order valence-electron chi connectivity index (χ3n) is 4.14. The molecule has 1 aliphatic rings. The van der Waals surface area contributed by atoms with Gasteiger partial charge >= 0.3 is 6.18 Å². The normalized spacial score (nSPS) is 18.6. The largest absolute Gasteiger partial charge is 0.418 e. The third-order valence-corrected chi connectivity index (χ3v) is 4.14. The van der Waals surface area contributed by atoms with Crippen LogP contribution in [0.15, 0.2) is 42.6 Å². The second-order valence-corrected chi connectivity index (χ2v) is 5.74. The van der Waals surface area contributed by atoms with E-state index in [1.165, 1.54) is 24.4 Å². The average Bonchev–Trinajstić information content (AvgIpc) is 2.55. The smallest absolute Gasteiger partial charge is 0.314 e. The fourth-order valence-electron chi connectivity index (χ4n) is 2.99. The number of halogens is 5. The lowest BCUT2D eigenvalue weighted by molar-refractivity contribution is -0.138. The maximum Gasteiger partial charge on any atom is 0.418 e. The molecule has 1 N–H and O–H groups in total. The molecular formula is C17H18ClF4N3. The molecule has 0 aliphatic carbocycles. The number of nitrogens with zero attached hydrogens (tertiary/aromatic N) is 2. The fourth-order valence-corrected chi connectivity index (χ4v) is 2.99. The highest BCUT2D eigenvalue weighted by molar-refractivity contribution is 5.85. The van der Waals surface area contributed by atoms with Gasteiger partial charge < -0.3 is 5.32 Å². The fraction of sp³-hybridized carbons (Fsp3) is 0.353. The van der Waals surface area contributed by atoms with Crippen LogP contribution in [0, 0.1) is 5.82 Å². The number of aromatic nitrogens is 1. The van der Waals surface area contributed by atoms with E-state index in [0.29, 0.717) is 19.6 Å². The molecule has 136 valence electrons. The first kappa shape index (κ1) is 19.6. The maximum absolute atomic E-state index is 13.5. The molecule has 0 radical (unpaired) electrons. The Morgan fingerprint density at radius 1 is 1.20 bits per heavy atom. The van der Waals surface area contributed by atoms with E-state index in [4.69, 9.17) is 0 Å². The summed E-state index contributed by atoms with van der Waals surface area (Å²) in [7, 11) is 0. The number of alkyl halides is 3. The highest BCUT2D eigenvalue weighted by Gasteiger charge is 2.35. The van der Waals surface area contributed by atoms with E-state index in [9.17, 15) is 17.6 Å². The van der Waals surface area contributed by atoms with Crippen LogP contribution in [0.2, 0.25) is 0 Å². The van der Waals surface area contributed by atoms with Gasteiger partial charge in [0.15, 0.2) is 0 Å². The monoisotopic (exact) mass is 375 g/mol. The Bertz CT molecular complexity index is 708. The van der Waals surface area contributed by atoms with Crippen molar-refractivity contribution in [1.82, 2.24) is 15.2 Å². The zero-order valence-electron chi connectivity index (χ0n) is 13.3. The molecule has 2 aromatic rings. The SMILES string of the molecule is Cl.Fc1cccc(C2CNCCN2Cc2ncccc2C(F)(F)F)c1. The number of hydrogen-bond donors (Lipinski definition) is 1. The number of piperazine rings is 1. The highest BCUT2D eigenvalue weighted by atomic mass is 35.5. The van der Waals surface area contributed by atoms with E-state index in [1.54, 1.807) is 12.1 Å². The molecule has 1 aromatic carbocycles. The van der Waals surface area contributed by atoms with E-state index in [-0.39, 0.29) is 36.5 Å². The minimum absolute atomic E-state index is 0. The summed E-state index contributed by atoms with van der Waals surface area (Å²) in [5.74, 6) is -0.355. The van der Waals surface area contributed by atoms with Crippen molar-refractivity contribution in [3.8, 4) is 0 Å². The summed E-state index contributed by atoms with van der Waals surface area (Å²) in [6.07, 6.45) is -3.07. The van der Waals surface area contributed by atoms with Crippen molar-refractivity contribution in [2.75, 3.05) is 19.6 Å². The number of benzene rings is 1. The van der Waals surface area contributed by atoms with Crippen LogP contribution in [0.25, 0.3) is 0 Å². The Morgan fingerprint density at radius 3 is 2.72 bits per heavy atom. The Morgan fingerprint density at radius 2 is 2.00 bits per heavy atom. The minimum Gasteiger partial charge on any atom is -0.314 e. The molecule has 1 saturated heterocycles. The molecule has 0 amide bonds. The molecule has 1 atom stereocenters. The van der Waals surface area contributed by atoms with Gasteiger partial charge in [0.05, 0.1) is 11.3 Å². The van der Waals surface area contributed by atoms with Crippen LogP contribution in [0.1, 0.15) is 22.9 Å². The van der Waals surface area contributed by atoms with E-state index >= 15 is 0 Å². The summed E-state index contributed by atoms with van der Waals surface area (Å²) in [4.78, 5) is 5.83. The van der Waals surface area contributed by atoms with Gasteiger partial charge in [0.1, 0.15) is 5.82 Å². The van der Waals surface area contributed by atoms with Crippen LogP contribution in [0.5, 0.6) is 0 Å². The Balaban J connectivity index is 0.00000225. The molecule has 1 fully saturated rings. The molecule has 1 unspecified atom stereocenters. The summed E-state index contributed by atoms with van der Waals surface area (Å²) in [6.45, 7) is 1.85. The summed E-state index contributed by atoms with van der Waals surface area (Å²) in [5, 5.41) is 3.21. The standard InChI is InChI=1S/C17H17F4N3.ClH/c18-13-4-1-3-12(9-13)16-10-22-7-8-24(16)11-15-14(17(19,20)21)5-2-6-23-15;/h1-6,9,16,22H,7-8,10-11H2;1H. The number of rotatable bonds is 3. The van der Waals surface area contributed by atoms with Crippen LogP contribution in [-0.2, 0) is 12.7 Å². The first-order valence-corrected chi connectivity index (χ1v) is 7.66. The minimum atomic E-state index is -4.44. The van der Waals surface area contributed by atoms with Gasteiger partial charge in [-0.2, -0.15) is 13.2 Å². The molecule has 3 nitrogen and oxygen atoms in total. The van der Waals surface area contributed by atoms with Crippen molar-refractivity contribution in [3.63, 3.8) is 0 Å². The quantitative estimate of drug-likeness (QED) is 0.827. The first-order chi connectivity index (χ1) is 11.4. The lowest BCUT2D eigenvalue weighted by Crippen LogP contribution is -2.45. The van der Waals surface area contributed by atoms with Gasteiger partial charge in [0.25, 0.3) is 0 Å². The van der Waals surface area contributed by atoms with E-state index in [1.807, 2.05) is 4.90 Å². The molecule has 2 heterocycles. The predicted octanol–water partition coefficient (Wildman–Crippen LogP) is 3.81. The van der Waals surface area contributed by atoms with Crippen LogP contribution in [0.4, 0.5) is 17.6 Å². The van der Waals surface area contributed by atoms with Gasteiger partial charge in [-0.15, -0.1) is 12.4 Å². The average molecular weight is 376 g/mol. The summed E-state index contributed by atoms with van der Waals surface area (Å²) >= 11 is 0. The topological polar surface area (TPSA) is 28.2 Å². The number of pyridine rings is 1. The Labute approximate surface area is 149 Å². The molecular weight excluding hydrogens is 358 g/mol. The van der Waals surface area contributed by atoms with E-state index in [0.717, 1.165) is 11.6 Å². The van der Waals surface area contributed by atoms with Crippen LogP contribution < -0.4 is 5.32 Å². The van der Waals surface area contributed by atoms with Gasteiger partial charge in [0, 0.05) is 38.4 Å². The Kier molecular flexibility index (Phi) is 6.37. The summed E-state index contributed by atoms with van der Waals surface area (Å²) in [6, 6.07) is 8.31. The van der Waals surface area contributed by atoms with Crippen LogP contribution in [-0.4, -0.2) is 29.5 Å². The Hall–Kier alpha value is -1.70. The molecule has 0 spiro atoms. The molecule has 0 saturated carbocycles. The third kappa shape index (κ3) is 4.68. The molecule has 0 bridgehead atoms. The van der Waals surface area contributed by atoms with Gasteiger partial charge in [0.2, 0.25) is 0 Å². The summed E-state index contributed by atoms with van der Waals surface area (Å²) in [5.41, 5.74) is 0.0153. The van der Waals surface area contributed by atoms with Gasteiger partial charge in [-0.25, -0.2) is 4.39 Å². The van der Waals surface area contributed by atoms with Crippen molar-refractivity contribution in [2.45, 2.75) is 18.8 Å². The molecule has 3 rings (SSSR count). The van der Waals surface area contributed by atoms with Crippen molar-refractivity contribution < 1.29 is 17.6 Å². The van der Waals surface area contributed by atoms with Gasteiger partial charge in [-0.3, -0.25) is 9.88 Å². The lowest BCUT2D eigenvalue weighted by atomic mass is 10.0. The number of hydrogen-bond acceptors (Lipinski definition) is 3. The highest BCUT2D eigenvalue weighted by Crippen LogP contribution is 2.33. The lowest BCUT2D eigenvalue weighted by Gasteiger charge is -2.36. The maximum atomic E-state index is 13.5. The van der Waals surface area contributed by atoms with Gasteiger partial charge in [-0.1, -0.05) is 12.1 Å². The van der Waals surface area contributed by atoms with Crippen molar-refractivity contribution in [3.05, 3.63) is 65.2 Å².